The molecule has 0 saturated heterocycles. The summed E-state index contributed by atoms with van der Waals surface area (Å²) in [6, 6.07) is 55.7. The molecule has 0 amide bonds. The molecule has 12 rings (SSSR count). The second kappa shape index (κ2) is 11.5. The Morgan fingerprint density at radius 2 is 0.800 bits per heavy atom. The molecule has 6 nitrogen and oxygen atoms in total. The van der Waals surface area contributed by atoms with E-state index in [-0.39, 0.29) is 0 Å². The van der Waals surface area contributed by atoms with E-state index >= 15 is 0 Å². The maximum atomic E-state index is 6.63. The first-order valence-corrected chi connectivity index (χ1v) is 18.3. The topological polar surface area (TPSA) is 78.1 Å². The van der Waals surface area contributed by atoms with Crippen LogP contribution in [-0.2, 0) is 0 Å². The standard InChI is InChI=1S/C49H27N3O3/c1-2-11-28(12-3-1)47-50-48(35-17-9-21-40-45(35)33-15-6-7-19-38(33)53-40)52-49(51-47)36-18-10-22-41-46(36)34-24-23-31(27-42(34)54-41)32-16-8-20-39-44(32)37-25-29-13-4-5-14-30(29)26-43(37)55-39/h1-27H. The molecule has 0 unspecified atom stereocenters. The third-order valence-electron chi connectivity index (χ3n) is 10.7. The highest BCUT2D eigenvalue weighted by Gasteiger charge is 2.21. The van der Waals surface area contributed by atoms with Crippen molar-refractivity contribution in [1.82, 2.24) is 15.0 Å². The first-order chi connectivity index (χ1) is 27.2. The monoisotopic (exact) mass is 705 g/mol. The molecule has 6 heteroatoms. The molecule has 4 aromatic heterocycles. The molecular formula is C49H27N3O3. The van der Waals surface area contributed by atoms with Gasteiger partial charge in [-0.15, -0.1) is 0 Å². The van der Waals surface area contributed by atoms with E-state index in [4.69, 9.17) is 28.2 Å². The summed E-state index contributed by atoms with van der Waals surface area (Å²) in [5.74, 6) is 1.72. The van der Waals surface area contributed by atoms with Gasteiger partial charge >= 0.3 is 0 Å². The van der Waals surface area contributed by atoms with E-state index in [2.05, 4.69) is 84.9 Å². The van der Waals surface area contributed by atoms with Crippen molar-refractivity contribution in [2.75, 3.05) is 0 Å². The van der Waals surface area contributed by atoms with Crippen LogP contribution in [0.2, 0.25) is 0 Å². The van der Waals surface area contributed by atoms with Crippen LogP contribution in [0.3, 0.4) is 0 Å². The molecule has 0 aliphatic carbocycles. The zero-order valence-electron chi connectivity index (χ0n) is 29.2. The van der Waals surface area contributed by atoms with Crippen LogP contribution in [0.1, 0.15) is 0 Å². The second-order valence-electron chi connectivity index (χ2n) is 13.9. The van der Waals surface area contributed by atoms with Crippen LogP contribution in [0.5, 0.6) is 0 Å². The Balaban J connectivity index is 1.06. The molecule has 0 atom stereocenters. The number of benzene rings is 8. The molecule has 8 aromatic carbocycles. The van der Waals surface area contributed by atoms with Gasteiger partial charge in [0, 0.05) is 49.0 Å². The number of aromatic nitrogens is 3. The van der Waals surface area contributed by atoms with Crippen molar-refractivity contribution in [3.63, 3.8) is 0 Å². The molecule has 0 aliphatic rings. The van der Waals surface area contributed by atoms with Gasteiger partial charge in [-0.2, -0.15) is 0 Å². The lowest BCUT2D eigenvalue weighted by Gasteiger charge is -2.10. The first kappa shape index (κ1) is 29.9. The van der Waals surface area contributed by atoms with Gasteiger partial charge in [0.2, 0.25) is 0 Å². The molecule has 4 heterocycles. The highest BCUT2D eigenvalue weighted by molar-refractivity contribution is 6.17. The lowest BCUT2D eigenvalue weighted by molar-refractivity contribution is 0.668. The molecule has 55 heavy (non-hydrogen) atoms. The highest BCUT2D eigenvalue weighted by Crippen LogP contribution is 2.42. The van der Waals surface area contributed by atoms with Crippen molar-refractivity contribution < 1.29 is 13.3 Å². The summed E-state index contributed by atoms with van der Waals surface area (Å²) in [5.41, 5.74) is 9.66. The Morgan fingerprint density at radius 3 is 1.51 bits per heavy atom. The number of hydrogen-bond donors (Lipinski definition) is 0. The molecule has 0 saturated carbocycles. The fourth-order valence-corrected chi connectivity index (χ4v) is 8.23. The van der Waals surface area contributed by atoms with Crippen molar-refractivity contribution in [3.05, 3.63) is 164 Å². The van der Waals surface area contributed by atoms with Gasteiger partial charge in [-0.25, -0.2) is 15.0 Å². The number of para-hydroxylation sites is 1. The summed E-state index contributed by atoms with van der Waals surface area (Å²) < 4.78 is 19.3. The summed E-state index contributed by atoms with van der Waals surface area (Å²) in [6.07, 6.45) is 0. The van der Waals surface area contributed by atoms with Crippen LogP contribution in [0.4, 0.5) is 0 Å². The number of hydrogen-bond acceptors (Lipinski definition) is 6. The van der Waals surface area contributed by atoms with E-state index in [9.17, 15) is 0 Å². The molecule has 12 aromatic rings. The van der Waals surface area contributed by atoms with Crippen LogP contribution < -0.4 is 0 Å². The summed E-state index contributed by atoms with van der Waals surface area (Å²) in [7, 11) is 0. The fourth-order valence-electron chi connectivity index (χ4n) is 8.23. The lowest BCUT2D eigenvalue weighted by Crippen LogP contribution is -2.00. The van der Waals surface area contributed by atoms with Crippen LogP contribution >= 0.6 is 0 Å². The minimum atomic E-state index is 0.563. The number of rotatable bonds is 4. The molecule has 0 aliphatic heterocycles. The van der Waals surface area contributed by atoms with Crippen molar-refractivity contribution in [1.29, 1.82) is 0 Å². The molecule has 0 fully saturated rings. The average Bonchev–Trinajstić information content (AvgIpc) is 3.93. The molecule has 0 bridgehead atoms. The number of furan rings is 3. The lowest BCUT2D eigenvalue weighted by atomic mass is 9.97. The van der Waals surface area contributed by atoms with Gasteiger partial charge in [-0.3, -0.25) is 0 Å². The fraction of sp³-hybridized carbons (Fsp3) is 0. The van der Waals surface area contributed by atoms with Crippen LogP contribution in [0, 0.1) is 0 Å². The van der Waals surface area contributed by atoms with Crippen molar-refractivity contribution >= 4 is 76.6 Å². The molecule has 256 valence electrons. The van der Waals surface area contributed by atoms with Crippen molar-refractivity contribution in [2.24, 2.45) is 0 Å². The van der Waals surface area contributed by atoms with Crippen LogP contribution in [0.15, 0.2) is 177 Å². The minimum absolute atomic E-state index is 0.563. The summed E-state index contributed by atoms with van der Waals surface area (Å²) >= 11 is 0. The largest absolute Gasteiger partial charge is 0.456 e. The van der Waals surface area contributed by atoms with Gasteiger partial charge in [-0.1, -0.05) is 115 Å². The van der Waals surface area contributed by atoms with Crippen molar-refractivity contribution in [2.45, 2.75) is 0 Å². The summed E-state index contributed by atoms with van der Waals surface area (Å²) in [4.78, 5) is 15.4. The van der Waals surface area contributed by atoms with Gasteiger partial charge in [0.05, 0.1) is 0 Å². The smallest absolute Gasteiger partial charge is 0.164 e. The molecule has 0 spiro atoms. The predicted octanol–water partition coefficient (Wildman–Crippen LogP) is 13.4. The van der Waals surface area contributed by atoms with Gasteiger partial charge in [0.1, 0.15) is 33.5 Å². The third kappa shape index (κ3) is 4.58. The van der Waals surface area contributed by atoms with Crippen LogP contribution in [0.25, 0.3) is 122 Å². The van der Waals surface area contributed by atoms with E-state index in [1.807, 2.05) is 78.9 Å². The summed E-state index contributed by atoms with van der Waals surface area (Å²) in [5, 5.41) is 8.44. The second-order valence-corrected chi connectivity index (χ2v) is 13.9. The zero-order valence-corrected chi connectivity index (χ0v) is 29.2. The Labute approximate surface area is 312 Å². The van der Waals surface area contributed by atoms with Gasteiger partial charge in [-0.05, 0) is 70.4 Å². The molecular weight excluding hydrogens is 679 g/mol. The normalized spacial score (nSPS) is 12.0. The van der Waals surface area contributed by atoms with Crippen LogP contribution in [-0.4, -0.2) is 15.0 Å². The number of nitrogens with zero attached hydrogens (tertiary/aromatic N) is 3. The zero-order chi connectivity index (χ0) is 36.0. The van der Waals surface area contributed by atoms with E-state index in [1.54, 1.807) is 0 Å². The van der Waals surface area contributed by atoms with Gasteiger partial charge in [0.25, 0.3) is 0 Å². The Morgan fingerprint density at radius 1 is 0.291 bits per heavy atom. The minimum Gasteiger partial charge on any atom is -0.456 e. The molecule has 0 radical (unpaired) electrons. The predicted molar refractivity (Wildman–Crippen MR) is 221 cm³/mol. The van der Waals surface area contributed by atoms with E-state index in [0.717, 1.165) is 99.0 Å². The van der Waals surface area contributed by atoms with E-state index < -0.39 is 0 Å². The van der Waals surface area contributed by atoms with E-state index in [0.29, 0.717) is 17.5 Å². The van der Waals surface area contributed by atoms with Crippen molar-refractivity contribution in [3.8, 4) is 45.3 Å². The Kier molecular flexibility index (Phi) is 6.24. The maximum absolute atomic E-state index is 6.63. The SMILES string of the molecule is c1ccc(-c2nc(-c3cccc4oc5ccccc5c34)nc(-c3cccc4oc5cc(-c6cccc7oc8cc9ccccc9cc8c67)ccc5c34)n2)cc1. The summed E-state index contributed by atoms with van der Waals surface area (Å²) in [6.45, 7) is 0. The van der Waals surface area contributed by atoms with Gasteiger partial charge in [0.15, 0.2) is 17.5 Å². The average molecular weight is 706 g/mol. The number of fused-ring (bicyclic) bond motifs is 10. The highest BCUT2D eigenvalue weighted by atomic mass is 16.3. The first-order valence-electron chi connectivity index (χ1n) is 18.3. The van der Waals surface area contributed by atoms with E-state index in [1.165, 1.54) is 5.39 Å². The Hall–Kier alpha value is -7.57. The Bertz CT molecular complexity index is 3500. The molecule has 0 N–H and O–H groups in total. The third-order valence-corrected chi connectivity index (χ3v) is 10.7. The van der Waals surface area contributed by atoms with Gasteiger partial charge < -0.3 is 13.3 Å². The maximum Gasteiger partial charge on any atom is 0.164 e. The quantitative estimate of drug-likeness (QED) is 0.181.